The lowest BCUT2D eigenvalue weighted by atomic mass is 9.98. The van der Waals surface area contributed by atoms with Crippen molar-refractivity contribution in [3.05, 3.63) is 97.9 Å². The van der Waals surface area contributed by atoms with Crippen LogP contribution in [-0.2, 0) is 20.5 Å². The maximum absolute atomic E-state index is 14.5. The van der Waals surface area contributed by atoms with Gasteiger partial charge in [0.25, 0.3) is 5.91 Å². The number of halogens is 2. The van der Waals surface area contributed by atoms with Gasteiger partial charge in [-0.05, 0) is 94.5 Å². The van der Waals surface area contributed by atoms with E-state index in [0.29, 0.717) is 36.8 Å². The lowest BCUT2D eigenvalue weighted by Crippen LogP contribution is -2.49. The van der Waals surface area contributed by atoms with E-state index in [1.54, 1.807) is 0 Å². The van der Waals surface area contributed by atoms with Crippen LogP contribution in [0.1, 0.15) is 50.6 Å². The molecule has 0 spiro atoms. The zero-order chi connectivity index (χ0) is 33.6. The van der Waals surface area contributed by atoms with Crippen LogP contribution in [0.15, 0.2) is 48.5 Å². The van der Waals surface area contributed by atoms with Crippen LogP contribution in [0.4, 0.5) is 5.69 Å². The summed E-state index contributed by atoms with van der Waals surface area (Å²) in [5.41, 5.74) is 11.0. The van der Waals surface area contributed by atoms with Crippen molar-refractivity contribution in [2.45, 2.75) is 47.5 Å². The van der Waals surface area contributed by atoms with Crippen LogP contribution in [0, 0.1) is 34.6 Å². The maximum Gasteiger partial charge on any atom is 0.270 e. The number of aryl methyl sites for hydroxylation is 7. The van der Waals surface area contributed by atoms with Crippen LogP contribution < -0.4 is 9.64 Å². The third-order valence-corrected chi connectivity index (χ3v) is 10.5. The van der Waals surface area contributed by atoms with E-state index in [4.69, 9.17) is 33.0 Å². The van der Waals surface area contributed by atoms with Crippen LogP contribution >= 0.6 is 23.2 Å². The van der Waals surface area contributed by atoms with Crippen LogP contribution in [0.5, 0.6) is 5.75 Å². The first kappa shape index (κ1) is 33.0. The standard InChI is InChI=1S/C38H43Cl2N5O2/c1-23-10-12-28(13-11-23)44-16-18-45(19-17-44)38(46)37-30(9-8-20-47-29-21-24(2)35(40)25(3)22-29)31-14-15-32(39)34(36(31)42(37)6)33-26(4)41-43(7)27(33)5/h10-15,21-22H,8-9,16-20H2,1-7H3. The Labute approximate surface area is 287 Å². The first-order valence-corrected chi connectivity index (χ1v) is 17.0. The lowest BCUT2D eigenvalue weighted by molar-refractivity contribution is 0.0736. The van der Waals surface area contributed by atoms with Crippen molar-refractivity contribution in [2.75, 3.05) is 37.7 Å². The molecule has 3 heterocycles. The van der Waals surface area contributed by atoms with Gasteiger partial charge in [0.05, 0.1) is 22.8 Å². The minimum Gasteiger partial charge on any atom is -0.494 e. The van der Waals surface area contributed by atoms with Crippen LogP contribution in [0.2, 0.25) is 10.0 Å². The molecule has 0 atom stereocenters. The number of hydrogen-bond acceptors (Lipinski definition) is 4. The largest absolute Gasteiger partial charge is 0.494 e. The van der Waals surface area contributed by atoms with Gasteiger partial charge in [-0.3, -0.25) is 9.48 Å². The van der Waals surface area contributed by atoms with Gasteiger partial charge < -0.3 is 19.1 Å². The number of hydrogen-bond donors (Lipinski definition) is 0. The van der Waals surface area contributed by atoms with E-state index >= 15 is 0 Å². The Kier molecular flexibility index (Phi) is 9.32. The number of rotatable bonds is 8. The molecule has 5 aromatic rings. The number of piperazine rings is 1. The molecule has 3 aromatic carbocycles. The highest BCUT2D eigenvalue weighted by molar-refractivity contribution is 6.35. The maximum atomic E-state index is 14.5. The van der Waals surface area contributed by atoms with Crippen molar-refractivity contribution in [1.82, 2.24) is 19.2 Å². The Morgan fingerprint density at radius 3 is 2.15 bits per heavy atom. The molecule has 47 heavy (non-hydrogen) atoms. The molecule has 1 amide bonds. The molecule has 0 aliphatic carbocycles. The zero-order valence-electron chi connectivity index (χ0n) is 28.4. The number of anilines is 1. The average molecular weight is 673 g/mol. The predicted octanol–water partition coefficient (Wildman–Crippen LogP) is 8.40. The molecular weight excluding hydrogens is 629 g/mol. The molecular formula is C38H43Cl2N5O2. The molecule has 0 unspecified atom stereocenters. The molecule has 1 saturated heterocycles. The van der Waals surface area contributed by atoms with Gasteiger partial charge in [-0.1, -0.05) is 47.0 Å². The van der Waals surface area contributed by atoms with E-state index in [1.807, 2.05) is 62.6 Å². The van der Waals surface area contributed by atoms with E-state index in [1.165, 1.54) is 11.3 Å². The van der Waals surface area contributed by atoms with Gasteiger partial charge in [0.2, 0.25) is 0 Å². The van der Waals surface area contributed by atoms with Crippen LogP contribution in [-0.4, -0.2) is 57.9 Å². The molecule has 1 fully saturated rings. The van der Waals surface area contributed by atoms with Crippen molar-refractivity contribution in [3.63, 3.8) is 0 Å². The summed E-state index contributed by atoms with van der Waals surface area (Å²) in [5, 5.41) is 7.14. The fourth-order valence-corrected chi connectivity index (χ4v) is 7.36. The summed E-state index contributed by atoms with van der Waals surface area (Å²) < 4.78 is 10.1. The molecule has 0 radical (unpaired) electrons. The number of ether oxygens (including phenoxy) is 1. The van der Waals surface area contributed by atoms with Gasteiger partial charge in [0.1, 0.15) is 11.4 Å². The van der Waals surface area contributed by atoms with Gasteiger partial charge in [-0.2, -0.15) is 5.10 Å². The van der Waals surface area contributed by atoms with E-state index in [9.17, 15) is 4.79 Å². The zero-order valence-corrected chi connectivity index (χ0v) is 29.9. The van der Waals surface area contributed by atoms with E-state index in [2.05, 4.69) is 53.6 Å². The normalized spacial score (nSPS) is 13.6. The van der Waals surface area contributed by atoms with Gasteiger partial charge >= 0.3 is 0 Å². The Hall–Kier alpha value is -3.94. The number of benzene rings is 3. The summed E-state index contributed by atoms with van der Waals surface area (Å²) in [7, 11) is 3.95. The minimum absolute atomic E-state index is 0.0498. The van der Waals surface area contributed by atoms with Gasteiger partial charge in [0.15, 0.2) is 0 Å². The number of amides is 1. The van der Waals surface area contributed by atoms with Gasteiger partial charge in [0, 0.05) is 73.2 Å². The predicted molar refractivity (Wildman–Crippen MR) is 194 cm³/mol. The Balaban J connectivity index is 1.35. The quantitative estimate of drug-likeness (QED) is 0.156. The summed E-state index contributed by atoms with van der Waals surface area (Å²) in [6, 6.07) is 16.6. The third-order valence-electron chi connectivity index (χ3n) is 9.59. The second-order valence-corrected chi connectivity index (χ2v) is 13.6. The number of nitrogens with zero attached hydrogens (tertiary/aromatic N) is 5. The molecule has 1 aliphatic heterocycles. The summed E-state index contributed by atoms with van der Waals surface area (Å²) in [5.74, 6) is 0.857. The molecule has 0 saturated carbocycles. The monoisotopic (exact) mass is 671 g/mol. The van der Waals surface area contributed by atoms with Crippen molar-refractivity contribution in [1.29, 1.82) is 0 Å². The van der Waals surface area contributed by atoms with Crippen LogP contribution in [0.3, 0.4) is 0 Å². The van der Waals surface area contributed by atoms with Gasteiger partial charge in [-0.15, -0.1) is 0 Å². The summed E-state index contributed by atoms with van der Waals surface area (Å²) in [6.45, 7) is 13.5. The molecule has 246 valence electrons. The summed E-state index contributed by atoms with van der Waals surface area (Å²) in [4.78, 5) is 18.9. The number of carbonyl (C=O) groups excluding carboxylic acids is 1. The summed E-state index contributed by atoms with van der Waals surface area (Å²) >= 11 is 13.4. The first-order valence-electron chi connectivity index (χ1n) is 16.3. The van der Waals surface area contributed by atoms with E-state index in [0.717, 1.165) is 80.4 Å². The van der Waals surface area contributed by atoms with Crippen molar-refractivity contribution >= 4 is 45.7 Å². The average Bonchev–Trinajstić information content (AvgIpc) is 3.47. The number of fused-ring (bicyclic) bond motifs is 1. The van der Waals surface area contributed by atoms with E-state index < -0.39 is 0 Å². The Bertz CT molecular complexity index is 1940. The smallest absolute Gasteiger partial charge is 0.270 e. The second-order valence-electron chi connectivity index (χ2n) is 12.8. The van der Waals surface area contributed by atoms with E-state index in [-0.39, 0.29) is 5.91 Å². The third kappa shape index (κ3) is 6.23. The second kappa shape index (κ2) is 13.3. The highest BCUT2D eigenvalue weighted by Crippen LogP contribution is 2.42. The molecule has 6 rings (SSSR count). The Morgan fingerprint density at radius 2 is 1.53 bits per heavy atom. The van der Waals surface area contributed by atoms with Gasteiger partial charge in [-0.25, -0.2) is 0 Å². The fraction of sp³-hybridized carbons (Fsp3) is 0.368. The fourth-order valence-electron chi connectivity index (χ4n) is 7.00. The molecule has 7 nitrogen and oxygen atoms in total. The lowest BCUT2D eigenvalue weighted by Gasteiger charge is -2.36. The van der Waals surface area contributed by atoms with Crippen molar-refractivity contribution in [2.24, 2.45) is 14.1 Å². The summed E-state index contributed by atoms with van der Waals surface area (Å²) in [6.07, 6.45) is 1.42. The molecule has 0 N–H and O–H groups in total. The highest BCUT2D eigenvalue weighted by Gasteiger charge is 2.30. The first-order chi connectivity index (χ1) is 22.5. The van der Waals surface area contributed by atoms with Crippen molar-refractivity contribution in [3.8, 4) is 16.9 Å². The molecule has 1 aliphatic rings. The SMILES string of the molecule is Cc1ccc(N2CCN(C(=O)c3c(CCCOc4cc(C)c(Cl)c(C)c4)c4ccc(Cl)c(-c5c(C)nn(C)c5C)c4n3C)CC2)cc1. The molecule has 0 bridgehead atoms. The Morgan fingerprint density at radius 1 is 0.872 bits per heavy atom. The topological polar surface area (TPSA) is 55.5 Å². The minimum atomic E-state index is 0.0498. The molecule has 2 aromatic heterocycles. The number of aromatic nitrogens is 3. The van der Waals surface area contributed by atoms with Crippen LogP contribution in [0.25, 0.3) is 22.0 Å². The highest BCUT2D eigenvalue weighted by atomic mass is 35.5. The molecule has 9 heteroatoms. The van der Waals surface area contributed by atoms with Crippen molar-refractivity contribution < 1.29 is 9.53 Å². The number of carbonyl (C=O) groups is 1.